The van der Waals surface area contributed by atoms with E-state index in [1.54, 1.807) is 19.3 Å². The quantitative estimate of drug-likeness (QED) is 0.314. The Morgan fingerprint density at radius 2 is 1.80 bits per heavy atom. The van der Waals surface area contributed by atoms with Crippen LogP contribution in [0.25, 0.3) is 11.1 Å². The lowest BCUT2D eigenvalue weighted by Gasteiger charge is -2.44. The van der Waals surface area contributed by atoms with Crippen LogP contribution in [0.15, 0.2) is 54.9 Å². The highest BCUT2D eigenvalue weighted by Crippen LogP contribution is 2.45. The molecule has 0 saturated heterocycles. The van der Waals surface area contributed by atoms with E-state index in [1.165, 1.54) is 0 Å². The predicted molar refractivity (Wildman–Crippen MR) is 153 cm³/mol. The first kappa shape index (κ1) is 27.7. The van der Waals surface area contributed by atoms with Gasteiger partial charge < -0.3 is 30.7 Å². The van der Waals surface area contributed by atoms with Crippen LogP contribution in [0.4, 0.5) is 11.4 Å². The molecule has 0 unspecified atom stereocenters. The highest BCUT2D eigenvalue weighted by atomic mass is 16.5. The lowest BCUT2D eigenvalue weighted by Crippen LogP contribution is -2.52. The fourth-order valence-electron chi connectivity index (χ4n) is 5.31. The minimum Gasteiger partial charge on any atom is -0.392 e. The number of carbonyl (C=O) groups excluding carboxylic acids is 2. The molecule has 210 valence electrons. The fraction of sp³-hybridized carbons (Fsp3) is 0.400. The second-order valence-electron chi connectivity index (χ2n) is 10.3. The average molecular weight is 545 g/mol. The molecule has 1 aliphatic carbocycles. The molecule has 1 fully saturated rings. The Bertz CT molecular complexity index is 1340. The van der Waals surface area contributed by atoms with Gasteiger partial charge in [-0.1, -0.05) is 30.3 Å². The van der Waals surface area contributed by atoms with Crippen molar-refractivity contribution < 1.29 is 19.4 Å². The van der Waals surface area contributed by atoms with Crippen molar-refractivity contribution in [2.24, 2.45) is 11.7 Å². The second-order valence-corrected chi connectivity index (χ2v) is 10.3. The van der Waals surface area contributed by atoms with Crippen LogP contribution < -0.4 is 20.9 Å². The van der Waals surface area contributed by atoms with Crippen molar-refractivity contribution in [3.8, 4) is 11.1 Å². The molecule has 1 saturated carbocycles. The molecule has 5 rings (SSSR count). The molecule has 1 aliphatic heterocycles. The van der Waals surface area contributed by atoms with Gasteiger partial charge in [-0.25, -0.2) is 9.97 Å². The number of fused-ring (bicyclic) bond motifs is 1. The zero-order valence-electron chi connectivity index (χ0n) is 22.8. The Labute approximate surface area is 234 Å². The molecule has 10 nitrogen and oxygen atoms in total. The zero-order chi connectivity index (χ0) is 28.1. The van der Waals surface area contributed by atoms with Gasteiger partial charge in [0.2, 0.25) is 11.7 Å². The van der Waals surface area contributed by atoms with Crippen LogP contribution >= 0.6 is 0 Å². The van der Waals surface area contributed by atoms with Crippen LogP contribution in [-0.2, 0) is 22.7 Å². The van der Waals surface area contributed by atoms with Gasteiger partial charge in [0.15, 0.2) is 0 Å². The maximum absolute atomic E-state index is 12.9. The highest BCUT2D eigenvalue weighted by molar-refractivity contribution is 5.98. The normalized spacial score (nSPS) is 16.5. The molecule has 3 aromatic rings. The first-order chi connectivity index (χ1) is 19.5. The molecule has 0 bridgehead atoms. The first-order valence-corrected chi connectivity index (χ1v) is 13.7. The van der Waals surface area contributed by atoms with E-state index < -0.39 is 0 Å². The highest BCUT2D eigenvalue weighted by Gasteiger charge is 2.42. The molecule has 0 spiro atoms. The third-order valence-electron chi connectivity index (χ3n) is 7.45. The molecule has 2 heterocycles. The monoisotopic (exact) mass is 544 g/mol. The summed E-state index contributed by atoms with van der Waals surface area (Å²) in [7, 11) is 0. The Hall–Kier alpha value is -3.86. The van der Waals surface area contributed by atoms with Gasteiger partial charge in [0.1, 0.15) is 0 Å². The summed E-state index contributed by atoms with van der Waals surface area (Å²) in [6, 6.07) is 14.0. The van der Waals surface area contributed by atoms with Crippen LogP contribution in [0.2, 0.25) is 0 Å². The molecule has 2 aromatic carbocycles. The molecule has 10 heteroatoms. The number of nitrogens with two attached hydrogens (primary N) is 1. The minimum absolute atomic E-state index is 0.0273. The number of benzene rings is 2. The lowest BCUT2D eigenvalue weighted by atomic mass is 9.98. The number of rotatable bonds is 11. The van der Waals surface area contributed by atoms with E-state index >= 15 is 0 Å². The van der Waals surface area contributed by atoms with E-state index in [2.05, 4.69) is 26.3 Å². The smallest absolute Gasteiger partial charge is 0.289 e. The minimum atomic E-state index is -0.370. The summed E-state index contributed by atoms with van der Waals surface area (Å²) in [4.78, 5) is 38.1. The number of ether oxygens (including phenoxy) is 1. The number of aliphatic hydroxyl groups is 1. The van der Waals surface area contributed by atoms with E-state index in [-0.39, 0.29) is 30.3 Å². The third kappa shape index (κ3) is 6.14. The van der Waals surface area contributed by atoms with Crippen LogP contribution in [0.5, 0.6) is 0 Å². The summed E-state index contributed by atoms with van der Waals surface area (Å²) in [6.07, 6.45) is 5.53. The maximum Gasteiger partial charge on any atom is 0.289 e. The number of hydrogen-bond acceptors (Lipinski definition) is 8. The Morgan fingerprint density at radius 1 is 1.05 bits per heavy atom. The molecule has 4 N–H and O–H groups in total. The molecule has 2 amide bonds. The van der Waals surface area contributed by atoms with Gasteiger partial charge in [-0.2, -0.15) is 0 Å². The van der Waals surface area contributed by atoms with Crippen molar-refractivity contribution >= 4 is 23.2 Å². The van der Waals surface area contributed by atoms with Crippen molar-refractivity contribution in [2.75, 3.05) is 42.6 Å². The maximum atomic E-state index is 12.9. The van der Waals surface area contributed by atoms with Crippen LogP contribution in [-0.4, -0.2) is 65.8 Å². The standard InChI is InChI=1S/C30H36N6O4/c1-20(38)36-26-9-8-22(25-15-33-29(34-16-25)30(39)32-11-13-40-12-10-31)14-27(26)35(18-28(36)21-6-7-21)17-23-4-2-3-5-24(23)19-37/h2-5,8-9,14-16,21,28,37H,6-7,10-13,17-19,31H2,1H3,(H,32,39)/t28-/m1/s1. The van der Waals surface area contributed by atoms with Crippen molar-refractivity contribution in [1.82, 2.24) is 15.3 Å². The Balaban J connectivity index is 1.42. The fourth-order valence-corrected chi connectivity index (χ4v) is 5.31. The molecule has 0 radical (unpaired) electrons. The number of anilines is 2. The van der Waals surface area contributed by atoms with Crippen molar-refractivity contribution in [3.63, 3.8) is 0 Å². The molecule has 2 aliphatic rings. The van der Waals surface area contributed by atoms with Crippen LogP contribution in [0.1, 0.15) is 41.5 Å². The van der Waals surface area contributed by atoms with E-state index in [1.807, 2.05) is 41.3 Å². The van der Waals surface area contributed by atoms with E-state index in [0.29, 0.717) is 45.3 Å². The Kier molecular flexibility index (Phi) is 8.69. The summed E-state index contributed by atoms with van der Waals surface area (Å²) in [5.41, 5.74) is 10.8. The van der Waals surface area contributed by atoms with Gasteiger partial charge in [-0.05, 0) is 47.6 Å². The van der Waals surface area contributed by atoms with E-state index in [9.17, 15) is 14.7 Å². The van der Waals surface area contributed by atoms with Crippen LogP contribution in [0, 0.1) is 5.92 Å². The molecular formula is C30H36N6O4. The summed E-state index contributed by atoms with van der Waals surface area (Å²) in [6.45, 7) is 4.53. The number of aliphatic hydroxyl groups excluding tert-OH is 1. The molecule has 1 aromatic heterocycles. The summed E-state index contributed by atoms with van der Waals surface area (Å²) < 4.78 is 5.27. The van der Waals surface area contributed by atoms with Gasteiger partial charge in [-0.15, -0.1) is 0 Å². The van der Waals surface area contributed by atoms with Gasteiger partial charge in [0, 0.05) is 51.1 Å². The lowest BCUT2D eigenvalue weighted by molar-refractivity contribution is -0.117. The predicted octanol–water partition coefficient (Wildman–Crippen LogP) is 2.49. The van der Waals surface area contributed by atoms with Crippen molar-refractivity contribution in [2.45, 2.75) is 39.0 Å². The number of amides is 2. The summed E-state index contributed by atoms with van der Waals surface area (Å²) in [5.74, 6) is 0.239. The van der Waals surface area contributed by atoms with Crippen LogP contribution in [0.3, 0.4) is 0 Å². The van der Waals surface area contributed by atoms with E-state index in [0.717, 1.165) is 46.5 Å². The van der Waals surface area contributed by atoms with Gasteiger partial charge >= 0.3 is 0 Å². The number of nitrogens with zero attached hydrogens (tertiary/aromatic N) is 4. The van der Waals surface area contributed by atoms with Crippen molar-refractivity contribution in [3.05, 3.63) is 71.8 Å². The average Bonchev–Trinajstić information content (AvgIpc) is 3.82. The second kappa shape index (κ2) is 12.5. The largest absolute Gasteiger partial charge is 0.392 e. The Morgan fingerprint density at radius 3 is 2.48 bits per heavy atom. The van der Waals surface area contributed by atoms with Crippen molar-refractivity contribution in [1.29, 1.82) is 0 Å². The number of carbonyl (C=O) groups is 2. The summed E-state index contributed by atoms with van der Waals surface area (Å²) in [5, 5.41) is 12.7. The molecular weight excluding hydrogens is 508 g/mol. The molecule has 1 atom stereocenters. The zero-order valence-corrected chi connectivity index (χ0v) is 22.8. The topological polar surface area (TPSA) is 134 Å². The van der Waals surface area contributed by atoms with Gasteiger partial charge in [0.25, 0.3) is 5.91 Å². The molecule has 40 heavy (non-hydrogen) atoms. The first-order valence-electron chi connectivity index (χ1n) is 13.7. The van der Waals surface area contributed by atoms with E-state index in [4.69, 9.17) is 10.5 Å². The number of aromatic nitrogens is 2. The van der Waals surface area contributed by atoms with Gasteiger partial charge in [0.05, 0.1) is 37.2 Å². The third-order valence-corrected chi connectivity index (χ3v) is 7.45. The SMILES string of the molecule is CC(=O)N1c2ccc(-c3cnc(C(=O)NCCOCCN)nc3)cc2N(Cc2ccccc2CO)C[C@@H]1C1CC1. The van der Waals surface area contributed by atoms with Gasteiger partial charge in [-0.3, -0.25) is 9.59 Å². The number of hydrogen-bond donors (Lipinski definition) is 3. The number of nitrogens with one attached hydrogen (secondary N) is 1. The summed E-state index contributed by atoms with van der Waals surface area (Å²) >= 11 is 0.